The summed E-state index contributed by atoms with van der Waals surface area (Å²) in [5.74, 6) is 1.10. The van der Waals surface area contributed by atoms with E-state index in [2.05, 4.69) is 20.3 Å². The highest BCUT2D eigenvalue weighted by molar-refractivity contribution is 7.17. The number of benzene rings is 1. The lowest BCUT2D eigenvalue weighted by molar-refractivity contribution is -0.129. The minimum Gasteiger partial charge on any atom is -0.478 e. The Morgan fingerprint density at radius 1 is 1.14 bits per heavy atom. The number of carbonyl (C=O) groups excluding carboxylic acids is 2. The maximum Gasteiger partial charge on any atom is 0.243 e. The van der Waals surface area contributed by atoms with Gasteiger partial charge in [0.05, 0.1) is 17.7 Å². The van der Waals surface area contributed by atoms with Gasteiger partial charge in [-0.25, -0.2) is 15.4 Å². The first-order chi connectivity index (χ1) is 16.9. The van der Waals surface area contributed by atoms with Gasteiger partial charge in [-0.15, -0.1) is 0 Å². The molecule has 0 atom stereocenters. The highest BCUT2D eigenvalue weighted by Crippen LogP contribution is 2.26. The fraction of sp³-hybridized carbons (Fsp3) is 0.375. The third kappa shape index (κ3) is 8.27. The largest absolute Gasteiger partial charge is 0.478 e. The van der Waals surface area contributed by atoms with Crippen molar-refractivity contribution in [2.45, 2.75) is 52.4 Å². The predicted octanol–water partition coefficient (Wildman–Crippen LogP) is 5.21. The zero-order valence-electron chi connectivity index (χ0n) is 19.6. The first-order valence-corrected chi connectivity index (χ1v) is 12.5. The van der Waals surface area contributed by atoms with Crippen LogP contribution in [0.3, 0.4) is 0 Å². The summed E-state index contributed by atoms with van der Waals surface area (Å²) >= 11 is 7.51. The van der Waals surface area contributed by atoms with Crippen LogP contribution in [0.25, 0.3) is 0 Å². The molecule has 1 amide bonds. The molecule has 0 fully saturated rings. The molecule has 0 saturated heterocycles. The van der Waals surface area contributed by atoms with Crippen LogP contribution in [-0.2, 0) is 11.2 Å². The zero-order chi connectivity index (χ0) is 25.2. The molecule has 35 heavy (non-hydrogen) atoms. The highest BCUT2D eigenvalue weighted by atomic mass is 35.5. The van der Waals surface area contributed by atoms with Crippen molar-refractivity contribution in [3.8, 4) is 5.88 Å². The van der Waals surface area contributed by atoms with Gasteiger partial charge >= 0.3 is 0 Å². The molecular formula is C24H28ClN5O4S. The average molecular weight is 518 g/mol. The number of ketones is 1. The number of hydrogen-bond donors (Lipinski definition) is 3. The van der Waals surface area contributed by atoms with Crippen molar-refractivity contribution in [2.24, 2.45) is 0 Å². The van der Waals surface area contributed by atoms with E-state index in [1.165, 1.54) is 11.3 Å². The molecule has 1 aromatic carbocycles. The molecule has 2 aromatic heterocycles. The lowest BCUT2D eigenvalue weighted by Gasteiger charge is -2.08. The van der Waals surface area contributed by atoms with E-state index in [4.69, 9.17) is 21.5 Å². The van der Waals surface area contributed by atoms with Gasteiger partial charge < -0.3 is 10.1 Å². The van der Waals surface area contributed by atoms with Crippen LogP contribution in [0.5, 0.6) is 5.88 Å². The van der Waals surface area contributed by atoms with Gasteiger partial charge in [-0.05, 0) is 43.9 Å². The minimum atomic E-state index is -0.370. The Balaban J connectivity index is 1.51. The molecule has 3 aromatic rings. The van der Waals surface area contributed by atoms with Gasteiger partial charge in [-0.3, -0.25) is 14.8 Å². The van der Waals surface area contributed by atoms with Crippen molar-refractivity contribution in [3.05, 3.63) is 57.3 Å². The van der Waals surface area contributed by atoms with E-state index in [0.29, 0.717) is 52.0 Å². The first-order valence-electron chi connectivity index (χ1n) is 11.3. The van der Waals surface area contributed by atoms with Crippen molar-refractivity contribution in [1.29, 1.82) is 0 Å². The predicted molar refractivity (Wildman–Crippen MR) is 135 cm³/mol. The van der Waals surface area contributed by atoms with Gasteiger partial charge in [0.2, 0.25) is 11.8 Å². The fourth-order valence-corrected chi connectivity index (χ4v) is 4.41. The maximum absolute atomic E-state index is 12.8. The second-order valence-corrected chi connectivity index (χ2v) is 9.41. The van der Waals surface area contributed by atoms with Gasteiger partial charge in [0.25, 0.3) is 0 Å². The number of nitrogens with one attached hydrogen (secondary N) is 2. The number of halogens is 1. The first kappa shape index (κ1) is 26.5. The number of nitrogens with zero attached hydrogens (tertiary/aromatic N) is 3. The number of ether oxygens (including phenoxy) is 1. The Labute approximate surface area is 212 Å². The SMILES string of the molecule is Cc1nc(Nc2ncc(C(=O)Cc3c(C)cccc3Cl)s2)cc(OCCCCCCC(=O)NO)n1. The van der Waals surface area contributed by atoms with Crippen molar-refractivity contribution in [2.75, 3.05) is 11.9 Å². The lowest BCUT2D eigenvalue weighted by Crippen LogP contribution is -2.17. The number of aryl methyl sites for hydroxylation is 2. The quantitative estimate of drug-likeness (QED) is 0.122. The van der Waals surface area contributed by atoms with Crippen LogP contribution in [0.15, 0.2) is 30.5 Å². The molecular weight excluding hydrogens is 490 g/mol. The summed E-state index contributed by atoms with van der Waals surface area (Å²) in [6.45, 7) is 4.19. The van der Waals surface area contributed by atoms with Gasteiger partial charge in [-0.2, -0.15) is 4.98 Å². The summed E-state index contributed by atoms with van der Waals surface area (Å²) in [5, 5.41) is 12.7. The van der Waals surface area contributed by atoms with E-state index in [9.17, 15) is 9.59 Å². The van der Waals surface area contributed by atoms with E-state index in [-0.39, 0.29) is 18.1 Å². The van der Waals surface area contributed by atoms with Crippen LogP contribution in [-0.4, -0.2) is 38.5 Å². The minimum absolute atomic E-state index is 0.0494. The second-order valence-electron chi connectivity index (χ2n) is 7.98. The summed E-state index contributed by atoms with van der Waals surface area (Å²) in [7, 11) is 0. The molecule has 2 heterocycles. The van der Waals surface area contributed by atoms with Crippen LogP contribution in [0.1, 0.15) is 58.7 Å². The van der Waals surface area contributed by atoms with Crippen molar-refractivity contribution in [3.63, 3.8) is 0 Å². The molecule has 0 aliphatic heterocycles. The molecule has 3 N–H and O–H groups in total. The van der Waals surface area contributed by atoms with Crippen LogP contribution >= 0.6 is 22.9 Å². The molecule has 0 unspecified atom stereocenters. The van der Waals surface area contributed by atoms with Crippen LogP contribution in [0.2, 0.25) is 5.02 Å². The second kappa shape index (κ2) is 13.1. The summed E-state index contributed by atoms with van der Waals surface area (Å²) < 4.78 is 5.75. The number of aromatic nitrogens is 3. The monoisotopic (exact) mass is 517 g/mol. The number of thiazole rings is 1. The van der Waals surface area contributed by atoms with Gasteiger partial charge in [0, 0.05) is 23.9 Å². The van der Waals surface area contributed by atoms with Crippen molar-refractivity contribution in [1.82, 2.24) is 20.4 Å². The number of hydrogen-bond acceptors (Lipinski definition) is 9. The lowest BCUT2D eigenvalue weighted by atomic mass is 10.0. The number of Topliss-reactive ketones (excluding diaryl/α,β-unsaturated/α-hetero) is 1. The number of carbonyl (C=O) groups is 2. The van der Waals surface area contributed by atoms with E-state index in [1.54, 1.807) is 30.7 Å². The Bertz CT molecular complexity index is 1150. The van der Waals surface area contributed by atoms with Crippen molar-refractivity contribution >= 4 is 45.6 Å². The van der Waals surface area contributed by atoms with E-state index >= 15 is 0 Å². The Morgan fingerprint density at radius 3 is 2.71 bits per heavy atom. The van der Waals surface area contributed by atoms with Crippen LogP contribution in [0.4, 0.5) is 10.9 Å². The molecule has 9 nitrogen and oxygen atoms in total. The number of unbranched alkanes of at least 4 members (excludes halogenated alkanes) is 3. The molecule has 0 radical (unpaired) electrons. The zero-order valence-corrected chi connectivity index (χ0v) is 21.2. The fourth-order valence-electron chi connectivity index (χ4n) is 3.36. The van der Waals surface area contributed by atoms with Gasteiger partial charge in [0.15, 0.2) is 10.9 Å². The molecule has 0 aliphatic rings. The molecule has 3 rings (SSSR count). The summed E-state index contributed by atoms with van der Waals surface area (Å²) in [4.78, 5) is 37.3. The molecule has 0 spiro atoms. The molecule has 0 bridgehead atoms. The molecule has 0 saturated carbocycles. The number of anilines is 2. The Hall–Kier alpha value is -3.08. The third-order valence-corrected chi connectivity index (χ3v) is 6.50. The summed E-state index contributed by atoms with van der Waals surface area (Å²) in [6, 6.07) is 7.27. The van der Waals surface area contributed by atoms with E-state index in [1.807, 2.05) is 19.1 Å². The Morgan fingerprint density at radius 2 is 1.94 bits per heavy atom. The number of rotatable bonds is 13. The summed E-state index contributed by atoms with van der Waals surface area (Å²) in [6.07, 6.45) is 5.37. The normalized spacial score (nSPS) is 10.7. The molecule has 186 valence electrons. The van der Waals surface area contributed by atoms with E-state index in [0.717, 1.165) is 30.4 Å². The maximum atomic E-state index is 12.8. The average Bonchev–Trinajstić information content (AvgIpc) is 3.29. The van der Waals surface area contributed by atoms with Crippen LogP contribution < -0.4 is 15.5 Å². The summed E-state index contributed by atoms with van der Waals surface area (Å²) in [5.41, 5.74) is 3.43. The number of amides is 1. The van der Waals surface area contributed by atoms with Gasteiger partial charge in [-0.1, -0.05) is 47.9 Å². The van der Waals surface area contributed by atoms with Crippen LogP contribution in [0, 0.1) is 13.8 Å². The van der Waals surface area contributed by atoms with E-state index < -0.39 is 0 Å². The number of hydroxylamine groups is 1. The topological polar surface area (TPSA) is 126 Å². The third-order valence-electron chi connectivity index (χ3n) is 5.19. The molecule has 0 aliphatic carbocycles. The Kier molecular flexibility index (Phi) is 9.95. The molecule has 11 heteroatoms. The smallest absolute Gasteiger partial charge is 0.243 e. The van der Waals surface area contributed by atoms with Gasteiger partial charge in [0.1, 0.15) is 11.6 Å². The highest BCUT2D eigenvalue weighted by Gasteiger charge is 2.15. The standard InChI is InChI=1S/C24H28ClN5O4S/c1-15-8-7-9-18(25)17(15)12-19(31)20-14-26-24(35-20)29-21-13-23(28-16(2)27-21)34-11-6-4-3-5-10-22(32)30-33/h7-9,13-14,33H,3-6,10-12H2,1-2H3,(H,30,32)(H,26,27,28,29). The van der Waals surface area contributed by atoms with Crippen molar-refractivity contribution < 1.29 is 19.5 Å².